The molecule has 0 heterocycles. The average Bonchev–Trinajstić information content (AvgIpc) is 2.36. The number of likely N-dealkylation sites (N-methyl/N-ethyl adjacent to an activating group) is 1. The van der Waals surface area contributed by atoms with E-state index in [9.17, 15) is 9.59 Å². The molecule has 0 aromatic heterocycles. The minimum atomic E-state index is -0.612. The van der Waals surface area contributed by atoms with Crippen molar-refractivity contribution in [3.63, 3.8) is 0 Å². The molecule has 0 radical (unpaired) electrons. The van der Waals surface area contributed by atoms with E-state index >= 15 is 0 Å². The SMILES string of the molecule is CCN(CC)C(=O)COC(=O)c1cc(N)cc(N)c1. The van der Waals surface area contributed by atoms with Crippen molar-refractivity contribution in [2.45, 2.75) is 13.8 Å². The number of esters is 1. The molecule has 6 nitrogen and oxygen atoms in total. The number of benzene rings is 1. The Morgan fingerprint density at radius 1 is 1.11 bits per heavy atom. The van der Waals surface area contributed by atoms with Gasteiger partial charge in [0.1, 0.15) is 0 Å². The topological polar surface area (TPSA) is 98.6 Å². The van der Waals surface area contributed by atoms with Gasteiger partial charge in [0.05, 0.1) is 5.56 Å². The summed E-state index contributed by atoms with van der Waals surface area (Å²) in [5.74, 6) is -0.838. The fourth-order valence-electron chi connectivity index (χ4n) is 1.67. The van der Waals surface area contributed by atoms with Crippen molar-refractivity contribution < 1.29 is 14.3 Å². The monoisotopic (exact) mass is 265 g/mol. The number of rotatable bonds is 5. The van der Waals surface area contributed by atoms with E-state index < -0.39 is 5.97 Å². The molecular formula is C13H19N3O3. The van der Waals surface area contributed by atoms with Crippen molar-refractivity contribution in [3.05, 3.63) is 23.8 Å². The summed E-state index contributed by atoms with van der Waals surface area (Å²) in [4.78, 5) is 25.0. The highest BCUT2D eigenvalue weighted by Gasteiger charge is 2.14. The van der Waals surface area contributed by atoms with E-state index in [1.807, 2.05) is 13.8 Å². The summed E-state index contributed by atoms with van der Waals surface area (Å²) < 4.78 is 4.94. The highest BCUT2D eigenvalue weighted by Crippen LogP contribution is 2.14. The van der Waals surface area contributed by atoms with E-state index in [2.05, 4.69) is 0 Å². The van der Waals surface area contributed by atoms with E-state index in [0.717, 1.165) is 0 Å². The lowest BCUT2D eigenvalue weighted by Crippen LogP contribution is -2.34. The minimum absolute atomic E-state index is 0.227. The molecule has 0 aliphatic carbocycles. The standard InChI is InChI=1S/C13H19N3O3/c1-3-16(4-2)12(17)8-19-13(18)9-5-10(14)7-11(15)6-9/h5-7H,3-4,8,14-15H2,1-2H3. The van der Waals surface area contributed by atoms with Crippen LogP contribution in [0.2, 0.25) is 0 Å². The third-order valence-corrected chi connectivity index (χ3v) is 2.66. The Kier molecular flexibility index (Phi) is 5.17. The zero-order valence-corrected chi connectivity index (χ0v) is 11.2. The van der Waals surface area contributed by atoms with Gasteiger partial charge in [-0.05, 0) is 32.0 Å². The van der Waals surface area contributed by atoms with Gasteiger partial charge >= 0.3 is 5.97 Å². The number of hydrogen-bond acceptors (Lipinski definition) is 5. The molecule has 1 aromatic carbocycles. The largest absolute Gasteiger partial charge is 0.452 e. The first-order valence-electron chi connectivity index (χ1n) is 6.08. The van der Waals surface area contributed by atoms with E-state index in [4.69, 9.17) is 16.2 Å². The molecule has 0 aliphatic heterocycles. The quantitative estimate of drug-likeness (QED) is 0.608. The van der Waals surface area contributed by atoms with E-state index in [0.29, 0.717) is 24.5 Å². The summed E-state index contributed by atoms with van der Waals surface area (Å²) in [7, 11) is 0. The van der Waals surface area contributed by atoms with E-state index in [1.165, 1.54) is 18.2 Å². The molecule has 0 spiro atoms. The zero-order valence-electron chi connectivity index (χ0n) is 11.2. The molecule has 4 N–H and O–H groups in total. The molecule has 0 bridgehead atoms. The number of carbonyl (C=O) groups excluding carboxylic acids is 2. The van der Waals surface area contributed by atoms with Crippen molar-refractivity contribution in [2.75, 3.05) is 31.2 Å². The van der Waals surface area contributed by atoms with Crippen LogP contribution in [0, 0.1) is 0 Å². The number of nitrogens with two attached hydrogens (primary N) is 2. The Balaban J connectivity index is 2.63. The highest BCUT2D eigenvalue weighted by atomic mass is 16.5. The Bertz CT molecular complexity index is 450. The van der Waals surface area contributed by atoms with Gasteiger partial charge in [-0.3, -0.25) is 4.79 Å². The Morgan fingerprint density at radius 2 is 1.63 bits per heavy atom. The summed E-state index contributed by atoms with van der Waals surface area (Å²) in [5.41, 5.74) is 12.2. The second kappa shape index (κ2) is 6.63. The molecule has 0 saturated carbocycles. The molecule has 0 saturated heterocycles. The molecule has 0 fully saturated rings. The van der Waals surface area contributed by atoms with Crippen molar-refractivity contribution in [1.29, 1.82) is 0 Å². The molecule has 1 rings (SSSR count). The molecule has 6 heteroatoms. The van der Waals surface area contributed by atoms with E-state index in [1.54, 1.807) is 4.90 Å². The molecule has 0 atom stereocenters. The molecule has 1 amide bonds. The van der Waals surface area contributed by atoms with Gasteiger partial charge in [0.2, 0.25) is 0 Å². The molecule has 0 aliphatic rings. The van der Waals surface area contributed by atoms with Crippen LogP contribution in [0.4, 0.5) is 11.4 Å². The van der Waals surface area contributed by atoms with Crippen molar-refractivity contribution in [2.24, 2.45) is 0 Å². The normalized spacial score (nSPS) is 10.0. The first-order valence-corrected chi connectivity index (χ1v) is 6.08. The third-order valence-electron chi connectivity index (χ3n) is 2.66. The predicted molar refractivity (Wildman–Crippen MR) is 73.5 cm³/mol. The average molecular weight is 265 g/mol. The van der Waals surface area contributed by atoms with Crippen molar-refractivity contribution >= 4 is 23.3 Å². The van der Waals surface area contributed by atoms with Crippen molar-refractivity contribution in [1.82, 2.24) is 4.90 Å². The summed E-state index contributed by atoms with van der Waals surface area (Å²) in [6.07, 6.45) is 0. The Labute approximate surface area is 112 Å². The second-order valence-electron chi connectivity index (χ2n) is 4.03. The third kappa shape index (κ3) is 4.17. The van der Waals surface area contributed by atoms with Gasteiger partial charge in [0.15, 0.2) is 6.61 Å². The summed E-state index contributed by atoms with van der Waals surface area (Å²) >= 11 is 0. The van der Waals surface area contributed by atoms with Gasteiger partial charge < -0.3 is 21.1 Å². The lowest BCUT2D eigenvalue weighted by Gasteiger charge is -2.18. The smallest absolute Gasteiger partial charge is 0.338 e. The first-order chi connectivity index (χ1) is 8.97. The van der Waals surface area contributed by atoms with Crippen LogP contribution >= 0.6 is 0 Å². The van der Waals surface area contributed by atoms with Crippen LogP contribution in [-0.2, 0) is 9.53 Å². The fourth-order valence-corrected chi connectivity index (χ4v) is 1.67. The van der Waals surface area contributed by atoms with Gasteiger partial charge in [0, 0.05) is 24.5 Å². The Morgan fingerprint density at radius 3 is 2.11 bits per heavy atom. The van der Waals surface area contributed by atoms with Crippen LogP contribution in [0.15, 0.2) is 18.2 Å². The number of nitrogens with zero attached hydrogens (tertiary/aromatic N) is 1. The van der Waals surface area contributed by atoms with Crippen LogP contribution in [-0.4, -0.2) is 36.5 Å². The van der Waals surface area contributed by atoms with Gasteiger partial charge in [0.25, 0.3) is 5.91 Å². The number of ether oxygens (including phenoxy) is 1. The van der Waals surface area contributed by atoms with Gasteiger partial charge in [-0.2, -0.15) is 0 Å². The summed E-state index contributed by atoms with van der Waals surface area (Å²) in [6.45, 7) is 4.61. The molecular weight excluding hydrogens is 246 g/mol. The molecule has 1 aromatic rings. The minimum Gasteiger partial charge on any atom is -0.452 e. The van der Waals surface area contributed by atoms with Gasteiger partial charge in [-0.25, -0.2) is 4.79 Å². The van der Waals surface area contributed by atoms with Crippen LogP contribution in [0.5, 0.6) is 0 Å². The van der Waals surface area contributed by atoms with Crippen LogP contribution < -0.4 is 11.5 Å². The lowest BCUT2D eigenvalue weighted by molar-refractivity contribution is -0.134. The van der Waals surface area contributed by atoms with Crippen molar-refractivity contribution in [3.8, 4) is 0 Å². The van der Waals surface area contributed by atoms with Crippen LogP contribution in [0.25, 0.3) is 0 Å². The maximum absolute atomic E-state index is 11.7. The van der Waals surface area contributed by atoms with Crippen LogP contribution in [0.1, 0.15) is 24.2 Å². The number of hydrogen-bond donors (Lipinski definition) is 2. The van der Waals surface area contributed by atoms with Crippen LogP contribution in [0.3, 0.4) is 0 Å². The predicted octanol–water partition coefficient (Wildman–Crippen LogP) is 0.876. The number of anilines is 2. The fraction of sp³-hybridized carbons (Fsp3) is 0.385. The van der Waals surface area contributed by atoms with E-state index in [-0.39, 0.29) is 18.1 Å². The summed E-state index contributed by atoms with van der Waals surface area (Å²) in [5, 5.41) is 0. The summed E-state index contributed by atoms with van der Waals surface area (Å²) in [6, 6.07) is 4.46. The maximum atomic E-state index is 11.7. The molecule has 0 unspecified atom stereocenters. The lowest BCUT2D eigenvalue weighted by atomic mass is 10.2. The number of nitrogen functional groups attached to an aromatic ring is 2. The maximum Gasteiger partial charge on any atom is 0.338 e. The van der Waals surface area contributed by atoms with Gasteiger partial charge in [-0.15, -0.1) is 0 Å². The second-order valence-corrected chi connectivity index (χ2v) is 4.03. The zero-order chi connectivity index (χ0) is 14.4. The van der Waals surface area contributed by atoms with Gasteiger partial charge in [-0.1, -0.05) is 0 Å². The molecule has 104 valence electrons. The first kappa shape index (κ1) is 14.8. The highest BCUT2D eigenvalue weighted by molar-refractivity contribution is 5.93. The number of carbonyl (C=O) groups is 2. The molecule has 19 heavy (non-hydrogen) atoms. The Hall–Kier alpha value is -2.24. The number of amides is 1.